The Labute approximate surface area is 186 Å². The molecule has 2 aromatic rings. The number of nitrogens with zero attached hydrogens (tertiary/aromatic N) is 5. The predicted octanol–water partition coefficient (Wildman–Crippen LogP) is 3.87. The van der Waals surface area contributed by atoms with Crippen LogP contribution in [-0.2, 0) is 6.18 Å². The highest BCUT2D eigenvalue weighted by molar-refractivity contribution is 5.63. The fourth-order valence-electron chi connectivity index (χ4n) is 5.79. The number of fused-ring (bicyclic) bond motifs is 1. The molecule has 0 amide bonds. The molecule has 1 aliphatic heterocycles. The van der Waals surface area contributed by atoms with Crippen LogP contribution in [0.4, 0.5) is 19.0 Å². The van der Waals surface area contributed by atoms with Crippen molar-refractivity contribution in [2.45, 2.75) is 50.9 Å². The number of anilines is 1. The van der Waals surface area contributed by atoms with Gasteiger partial charge in [-0.05, 0) is 57.7 Å². The van der Waals surface area contributed by atoms with Gasteiger partial charge in [-0.15, -0.1) is 0 Å². The summed E-state index contributed by atoms with van der Waals surface area (Å²) >= 11 is 0. The highest BCUT2D eigenvalue weighted by Gasteiger charge is 2.58. The van der Waals surface area contributed by atoms with Gasteiger partial charge in [0.2, 0.25) is 0 Å². The predicted molar refractivity (Wildman–Crippen MR) is 117 cm³/mol. The third kappa shape index (κ3) is 3.79. The Hall–Kier alpha value is -2.13. The van der Waals surface area contributed by atoms with E-state index in [4.69, 9.17) is 10.8 Å². The number of hydrogen-bond acceptors (Lipinski definition) is 5. The van der Waals surface area contributed by atoms with Gasteiger partial charge in [0, 0.05) is 61.6 Å². The van der Waals surface area contributed by atoms with Crippen LogP contribution in [0.1, 0.15) is 49.9 Å². The number of pyridine rings is 1. The Morgan fingerprint density at radius 3 is 2.31 bits per heavy atom. The van der Waals surface area contributed by atoms with Gasteiger partial charge in [-0.25, -0.2) is 4.98 Å². The summed E-state index contributed by atoms with van der Waals surface area (Å²) in [6, 6.07) is 3.84. The lowest BCUT2D eigenvalue weighted by Gasteiger charge is -2.37. The molecule has 0 aromatic carbocycles. The normalized spacial score (nSPS) is 29.0. The van der Waals surface area contributed by atoms with Crippen LogP contribution in [-0.4, -0.2) is 63.8 Å². The van der Waals surface area contributed by atoms with Gasteiger partial charge < -0.3 is 10.6 Å². The molecule has 5 rings (SSSR count). The summed E-state index contributed by atoms with van der Waals surface area (Å²) in [6.07, 6.45) is -0.737. The molecule has 32 heavy (non-hydrogen) atoms. The minimum atomic E-state index is -4.54. The molecular formula is C23H31F3N6. The molecule has 0 radical (unpaired) electrons. The molecule has 2 unspecified atom stereocenters. The molecule has 2 N–H and O–H groups in total. The molecule has 2 aromatic heterocycles. The van der Waals surface area contributed by atoms with Gasteiger partial charge in [0.15, 0.2) is 0 Å². The van der Waals surface area contributed by atoms with Crippen LogP contribution >= 0.6 is 0 Å². The summed E-state index contributed by atoms with van der Waals surface area (Å²) in [5.74, 6) is 1.25. The Bertz CT molecular complexity index is 980. The highest BCUT2D eigenvalue weighted by Crippen LogP contribution is 2.64. The number of piperazine rings is 1. The third-order valence-corrected chi connectivity index (χ3v) is 7.59. The third-order valence-electron chi connectivity index (χ3n) is 7.59. The smallest absolute Gasteiger partial charge is 0.383 e. The maximum atomic E-state index is 13.3. The first-order valence-electron chi connectivity index (χ1n) is 11.5. The molecule has 0 bridgehead atoms. The van der Waals surface area contributed by atoms with Crippen LogP contribution in [0.15, 0.2) is 18.3 Å². The van der Waals surface area contributed by atoms with Gasteiger partial charge in [0.25, 0.3) is 0 Å². The number of nitrogen functional groups attached to an aromatic ring is 1. The summed E-state index contributed by atoms with van der Waals surface area (Å²) in [4.78, 5) is 8.82. The molecule has 4 atom stereocenters. The monoisotopic (exact) mass is 448 g/mol. The number of likely N-dealkylation sites (N-methyl/N-ethyl adjacent to an activating group) is 1. The van der Waals surface area contributed by atoms with Crippen molar-refractivity contribution in [3.63, 3.8) is 0 Å². The minimum Gasteiger partial charge on any atom is -0.383 e. The standard InChI is InChI=1S/C23H31F3N6/c1-13(2)32-20(11-19(29-32)14-8-18(23(24,25)26)22(27)28-12-14)21-16-9-15(10-17(16)21)31-6-4-30(3)5-7-31/h8,11-13,15-17,21H,4-7,9-10H2,1-3H3,(H2,27,28)/t15?,16-,17+,21?. The summed E-state index contributed by atoms with van der Waals surface area (Å²) in [5.41, 5.74) is 6.60. The van der Waals surface area contributed by atoms with E-state index in [1.165, 1.54) is 19.0 Å². The molecule has 1 saturated heterocycles. The molecule has 3 fully saturated rings. The SMILES string of the molecule is CC(C)n1nc(-c2cnc(N)c(C(F)(F)F)c2)cc1C1[C@H]2CC(N3CCN(C)CC3)C[C@@H]12. The second kappa shape index (κ2) is 7.73. The molecule has 174 valence electrons. The van der Waals surface area contributed by atoms with E-state index >= 15 is 0 Å². The van der Waals surface area contributed by atoms with Crippen molar-refractivity contribution in [3.05, 3.63) is 29.6 Å². The van der Waals surface area contributed by atoms with Crippen LogP contribution in [0.3, 0.4) is 0 Å². The number of hydrogen-bond donors (Lipinski definition) is 1. The zero-order chi connectivity index (χ0) is 22.8. The number of alkyl halides is 3. The lowest BCUT2D eigenvalue weighted by atomic mass is 10.0. The quantitative estimate of drug-likeness (QED) is 0.770. The van der Waals surface area contributed by atoms with Crippen LogP contribution in [0, 0.1) is 11.8 Å². The van der Waals surface area contributed by atoms with Gasteiger partial charge in [-0.2, -0.15) is 18.3 Å². The summed E-state index contributed by atoms with van der Waals surface area (Å²) in [5, 5.41) is 4.69. The van der Waals surface area contributed by atoms with Crippen molar-refractivity contribution in [1.82, 2.24) is 24.6 Å². The maximum absolute atomic E-state index is 13.3. The number of nitrogens with two attached hydrogens (primary N) is 1. The Balaban J connectivity index is 1.36. The van der Waals surface area contributed by atoms with Crippen molar-refractivity contribution < 1.29 is 13.2 Å². The lowest BCUT2D eigenvalue weighted by Crippen LogP contribution is -2.48. The molecule has 3 heterocycles. The molecule has 2 saturated carbocycles. The molecule has 0 spiro atoms. The number of halogens is 3. The Morgan fingerprint density at radius 2 is 1.72 bits per heavy atom. The summed E-state index contributed by atoms with van der Waals surface area (Å²) in [7, 11) is 2.18. The van der Waals surface area contributed by atoms with Gasteiger partial charge in [-0.1, -0.05) is 0 Å². The zero-order valence-corrected chi connectivity index (χ0v) is 18.8. The van der Waals surface area contributed by atoms with Gasteiger partial charge in [0.05, 0.1) is 11.3 Å². The first-order chi connectivity index (χ1) is 15.1. The van der Waals surface area contributed by atoms with Crippen LogP contribution in [0.25, 0.3) is 11.3 Å². The average molecular weight is 449 g/mol. The van der Waals surface area contributed by atoms with E-state index in [-0.39, 0.29) is 6.04 Å². The van der Waals surface area contributed by atoms with Gasteiger partial charge >= 0.3 is 6.18 Å². The average Bonchev–Trinajstić information content (AvgIpc) is 3.08. The highest BCUT2D eigenvalue weighted by atomic mass is 19.4. The van der Waals surface area contributed by atoms with E-state index in [1.54, 1.807) is 0 Å². The van der Waals surface area contributed by atoms with Crippen LogP contribution in [0.5, 0.6) is 0 Å². The van der Waals surface area contributed by atoms with Crippen molar-refractivity contribution in [1.29, 1.82) is 0 Å². The molecule has 9 heteroatoms. The molecule has 2 aliphatic carbocycles. The minimum absolute atomic E-state index is 0.136. The topological polar surface area (TPSA) is 63.2 Å². The van der Waals surface area contributed by atoms with E-state index in [2.05, 4.69) is 35.7 Å². The van der Waals surface area contributed by atoms with Gasteiger partial charge in [0.1, 0.15) is 5.82 Å². The fraction of sp³-hybridized carbons (Fsp3) is 0.652. The van der Waals surface area contributed by atoms with Crippen LogP contribution in [0.2, 0.25) is 0 Å². The second-order valence-corrected chi connectivity index (χ2v) is 9.97. The summed E-state index contributed by atoms with van der Waals surface area (Å²) < 4.78 is 41.9. The van der Waals surface area contributed by atoms with Crippen molar-refractivity contribution in [3.8, 4) is 11.3 Å². The largest absolute Gasteiger partial charge is 0.419 e. The first-order valence-corrected chi connectivity index (χ1v) is 11.5. The molecule has 6 nitrogen and oxygen atoms in total. The summed E-state index contributed by atoms with van der Waals surface area (Å²) in [6.45, 7) is 8.68. The van der Waals surface area contributed by atoms with Gasteiger partial charge in [-0.3, -0.25) is 9.58 Å². The van der Waals surface area contributed by atoms with Crippen molar-refractivity contribution in [2.24, 2.45) is 11.8 Å². The maximum Gasteiger partial charge on any atom is 0.419 e. The van der Waals surface area contributed by atoms with Crippen molar-refractivity contribution >= 4 is 5.82 Å². The first kappa shape index (κ1) is 21.7. The lowest BCUT2D eigenvalue weighted by molar-refractivity contribution is -0.137. The van der Waals surface area contributed by atoms with E-state index in [0.717, 1.165) is 37.9 Å². The van der Waals surface area contributed by atoms with Crippen molar-refractivity contribution in [2.75, 3.05) is 39.0 Å². The Morgan fingerprint density at radius 1 is 1.06 bits per heavy atom. The fourth-order valence-corrected chi connectivity index (χ4v) is 5.79. The van der Waals surface area contributed by atoms with E-state index < -0.39 is 17.6 Å². The number of rotatable bonds is 4. The van der Waals surface area contributed by atoms with E-state index in [1.807, 2.05) is 10.7 Å². The Kier molecular flexibility index (Phi) is 5.24. The van der Waals surface area contributed by atoms with E-state index in [9.17, 15) is 13.2 Å². The van der Waals surface area contributed by atoms with Crippen LogP contribution < -0.4 is 5.73 Å². The second-order valence-electron chi connectivity index (χ2n) is 9.97. The zero-order valence-electron chi connectivity index (χ0n) is 18.8. The molecule has 3 aliphatic rings. The molecular weight excluding hydrogens is 417 g/mol. The number of aromatic nitrogens is 3. The van der Waals surface area contributed by atoms with E-state index in [0.29, 0.717) is 35.1 Å².